The molecule has 1 aliphatic rings. The normalized spacial score (nSPS) is 15.0. The molecule has 1 aromatic carbocycles. The maximum Gasteiger partial charge on any atom is 0.254 e. The van der Waals surface area contributed by atoms with Gasteiger partial charge in [-0.1, -0.05) is 28.1 Å². The van der Waals surface area contributed by atoms with Gasteiger partial charge in [-0.15, -0.1) is 0 Å². The van der Waals surface area contributed by atoms with Crippen LogP contribution in [-0.2, 0) is 6.67 Å². The molecule has 0 atom stereocenters. The van der Waals surface area contributed by atoms with E-state index in [-0.39, 0.29) is 5.91 Å². The number of hydrogen-bond acceptors (Lipinski definition) is 5. The zero-order chi connectivity index (χ0) is 19.5. The number of carbonyl (C=O) groups excluding carboxylic acids is 1. The van der Waals surface area contributed by atoms with Gasteiger partial charge in [-0.3, -0.25) is 19.8 Å². The van der Waals surface area contributed by atoms with Crippen molar-refractivity contribution in [3.63, 3.8) is 0 Å². The van der Waals surface area contributed by atoms with E-state index >= 15 is 0 Å². The fraction of sp³-hybridized carbons (Fsp3) is 0.263. The molecule has 3 heterocycles. The average Bonchev–Trinajstić information content (AvgIpc) is 3.09. The van der Waals surface area contributed by atoms with Crippen LogP contribution in [0.2, 0.25) is 0 Å². The van der Waals surface area contributed by atoms with Gasteiger partial charge in [-0.2, -0.15) is 4.98 Å². The second-order valence-corrected chi connectivity index (χ2v) is 7.86. The molecule has 1 N–H and O–H groups in total. The zero-order valence-corrected chi connectivity index (χ0v) is 17.5. The van der Waals surface area contributed by atoms with Gasteiger partial charge >= 0.3 is 0 Å². The van der Waals surface area contributed by atoms with Crippen LogP contribution in [0.3, 0.4) is 0 Å². The van der Waals surface area contributed by atoms with Crippen molar-refractivity contribution < 1.29 is 4.79 Å². The predicted molar refractivity (Wildman–Crippen MR) is 112 cm³/mol. The highest BCUT2D eigenvalue weighted by molar-refractivity contribution is 9.10. The number of hydrogen-bond donors (Lipinski definition) is 1. The van der Waals surface area contributed by atoms with Crippen molar-refractivity contribution >= 4 is 34.1 Å². The summed E-state index contributed by atoms with van der Waals surface area (Å²) in [6.45, 7) is 3.56. The van der Waals surface area contributed by atoms with Crippen molar-refractivity contribution in [1.82, 2.24) is 29.5 Å². The first-order valence-corrected chi connectivity index (χ1v) is 10.1. The lowest BCUT2D eigenvalue weighted by atomic mass is 10.2. The molecule has 1 aliphatic heterocycles. The van der Waals surface area contributed by atoms with Crippen LogP contribution in [-0.4, -0.2) is 61.6 Å². The zero-order valence-electron chi connectivity index (χ0n) is 15.1. The SMILES string of the molecule is O=C(c1ccncc1)N1CCN(Cn2[nH]c(-c3ccc(Br)cc3)nc2=S)CC1. The number of benzene rings is 1. The van der Waals surface area contributed by atoms with Crippen LogP contribution in [0, 0.1) is 4.77 Å². The summed E-state index contributed by atoms with van der Waals surface area (Å²) in [5.41, 5.74) is 1.67. The highest BCUT2D eigenvalue weighted by Gasteiger charge is 2.22. The fourth-order valence-corrected chi connectivity index (χ4v) is 3.62. The third kappa shape index (κ3) is 4.21. The van der Waals surface area contributed by atoms with Gasteiger partial charge in [0.15, 0.2) is 5.82 Å². The number of rotatable bonds is 4. The second-order valence-electron chi connectivity index (χ2n) is 6.58. The van der Waals surface area contributed by atoms with Crippen molar-refractivity contribution in [1.29, 1.82) is 0 Å². The molecule has 0 unspecified atom stereocenters. The van der Waals surface area contributed by atoms with Gasteiger partial charge in [0.1, 0.15) is 0 Å². The molecule has 7 nitrogen and oxygen atoms in total. The molecule has 3 aromatic rings. The van der Waals surface area contributed by atoms with Gasteiger partial charge < -0.3 is 4.90 Å². The van der Waals surface area contributed by atoms with Crippen molar-refractivity contribution in [3.8, 4) is 11.4 Å². The third-order valence-electron chi connectivity index (χ3n) is 4.73. The van der Waals surface area contributed by atoms with E-state index in [1.807, 2.05) is 33.8 Å². The molecule has 0 bridgehead atoms. The molecule has 4 rings (SSSR count). The summed E-state index contributed by atoms with van der Waals surface area (Å²) in [6, 6.07) is 11.4. The summed E-state index contributed by atoms with van der Waals surface area (Å²) in [6.07, 6.45) is 3.29. The Balaban J connectivity index is 1.38. The molecule has 1 fully saturated rings. The molecule has 1 saturated heterocycles. The van der Waals surface area contributed by atoms with E-state index in [0.29, 0.717) is 30.1 Å². The van der Waals surface area contributed by atoms with Crippen LogP contribution in [0.15, 0.2) is 53.3 Å². The topological polar surface area (TPSA) is 70.1 Å². The Morgan fingerprint density at radius 3 is 2.43 bits per heavy atom. The highest BCUT2D eigenvalue weighted by atomic mass is 79.9. The minimum atomic E-state index is 0.0535. The van der Waals surface area contributed by atoms with Crippen LogP contribution in [0.1, 0.15) is 10.4 Å². The fourth-order valence-electron chi connectivity index (χ4n) is 3.16. The van der Waals surface area contributed by atoms with E-state index in [4.69, 9.17) is 12.2 Å². The average molecular weight is 459 g/mol. The minimum absolute atomic E-state index is 0.0535. The summed E-state index contributed by atoms with van der Waals surface area (Å²) >= 11 is 8.85. The van der Waals surface area contributed by atoms with Crippen LogP contribution in [0.5, 0.6) is 0 Å². The standard InChI is InChI=1S/C19H19BrN6OS/c20-16-3-1-14(2-4-16)17-22-19(28)26(23-17)13-24-9-11-25(12-10-24)18(27)15-5-7-21-8-6-15/h1-8H,9-13H2,(H,22,23,28). The van der Waals surface area contributed by atoms with Gasteiger partial charge in [-0.25, -0.2) is 4.68 Å². The number of carbonyl (C=O) groups is 1. The lowest BCUT2D eigenvalue weighted by molar-refractivity contribution is 0.0585. The van der Waals surface area contributed by atoms with E-state index in [1.54, 1.807) is 24.5 Å². The van der Waals surface area contributed by atoms with Gasteiger partial charge in [0.05, 0.1) is 6.67 Å². The molecular formula is C19H19BrN6OS. The first-order chi connectivity index (χ1) is 13.6. The molecule has 1 amide bonds. The maximum absolute atomic E-state index is 12.5. The van der Waals surface area contributed by atoms with Gasteiger partial charge in [0, 0.05) is 54.2 Å². The quantitative estimate of drug-likeness (QED) is 0.607. The molecule has 0 aliphatic carbocycles. The Morgan fingerprint density at radius 2 is 1.75 bits per heavy atom. The van der Waals surface area contributed by atoms with Gasteiger partial charge in [0.25, 0.3) is 5.91 Å². The van der Waals surface area contributed by atoms with Crippen molar-refractivity contribution in [3.05, 3.63) is 63.6 Å². The number of pyridine rings is 1. The second kappa shape index (κ2) is 8.34. The minimum Gasteiger partial charge on any atom is -0.336 e. The van der Waals surface area contributed by atoms with Crippen molar-refractivity contribution in [2.75, 3.05) is 26.2 Å². The van der Waals surface area contributed by atoms with Crippen LogP contribution in [0.4, 0.5) is 0 Å². The van der Waals surface area contributed by atoms with E-state index in [1.165, 1.54) is 0 Å². The Hall–Kier alpha value is -2.36. The third-order valence-corrected chi connectivity index (χ3v) is 5.57. The number of piperazine rings is 1. The molecule has 0 radical (unpaired) electrons. The molecular weight excluding hydrogens is 440 g/mol. The summed E-state index contributed by atoms with van der Waals surface area (Å²) in [5.74, 6) is 0.807. The summed E-state index contributed by atoms with van der Waals surface area (Å²) in [4.78, 5) is 25.1. The number of aromatic amines is 1. The van der Waals surface area contributed by atoms with E-state index in [9.17, 15) is 4.79 Å². The molecule has 0 saturated carbocycles. The Labute approximate surface area is 176 Å². The number of nitrogens with one attached hydrogen (secondary N) is 1. The number of amides is 1. The van der Waals surface area contributed by atoms with E-state index < -0.39 is 0 Å². The number of aromatic nitrogens is 4. The van der Waals surface area contributed by atoms with Gasteiger partial charge in [0.2, 0.25) is 4.77 Å². The summed E-state index contributed by atoms with van der Waals surface area (Å²) < 4.78 is 3.41. The molecule has 144 valence electrons. The van der Waals surface area contributed by atoms with Gasteiger partial charge in [-0.05, 0) is 36.5 Å². The molecule has 9 heteroatoms. The lowest BCUT2D eigenvalue weighted by Gasteiger charge is -2.34. The number of halogens is 1. The van der Waals surface area contributed by atoms with Crippen LogP contribution in [0.25, 0.3) is 11.4 Å². The predicted octanol–water partition coefficient (Wildman–Crippen LogP) is 3.18. The summed E-state index contributed by atoms with van der Waals surface area (Å²) in [5, 5.41) is 3.28. The molecule has 0 spiro atoms. The van der Waals surface area contributed by atoms with E-state index in [2.05, 4.69) is 35.9 Å². The number of nitrogens with zero attached hydrogens (tertiary/aromatic N) is 5. The molecule has 28 heavy (non-hydrogen) atoms. The highest BCUT2D eigenvalue weighted by Crippen LogP contribution is 2.18. The lowest BCUT2D eigenvalue weighted by Crippen LogP contribution is -2.49. The Morgan fingerprint density at radius 1 is 1.07 bits per heavy atom. The van der Waals surface area contributed by atoms with Crippen molar-refractivity contribution in [2.24, 2.45) is 0 Å². The first-order valence-electron chi connectivity index (χ1n) is 8.94. The first kappa shape index (κ1) is 19.0. The van der Waals surface area contributed by atoms with Crippen molar-refractivity contribution in [2.45, 2.75) is 6.67 Å². The van der Waals surface area contributed by atoms with E-state index in [0.717, 1.165) is 29.0 Å². The number of H-pyrrole nitrogens is 1. The van der Waals surface area contributed by atoms with Crippen LogP contribution < -0.4 is 0 Å². The summed E-state index contributed by atoms with van der Waals surface area (Å²) in [7, 11) is 0. The largest absolute Gasteiger partial charge is 0.336 e. The molecule has 2 aromatic heterocycles. The Kier molecular flexibility index (Phi) is 5.65. The maximum atomic E-state index is 12.5. The Bertz CT molecular complexity index is 1010. The smallest absolute Gasteiger partial charge is 0.254 e. The van der Waals surface area contributed by atoms with Crippen LogP contribution >= 0.6 is 28.1 Å². The monoisotopic (exact) mass is 458 g/mol.